The van der Waals surface area contributed by atoms with Crippen molar-refractivity contribution in [3.63, 3.8) is 0 Å². The Labute approximate surface area is 322 Å². The largest absolute Gasteiger partial charge is 0.282 e. The highest BCUT2D eigenvalue weighted by Gasteiger charge is 2.16. The number of fused-ring (bicyclic) bond motifs is 7. The van der Waals surface area contributed by atoms with E-state index >= 15 is 0 Å². The maximum Gasteiger partial charge on any atom is 0.161 e. The lowest BCUT2D eigenvalue weighted by molar-refractivity contribution is 1.40. The first kappa shape index (κ1) is 32.6. The first-order valence-corrected chi connectivity index (χ1v) is 19.2. The normalized spacial score (nSPS) is 12.1. The lowest BCUT2D eigenvalue weighted by Crippen LogP contribution is -2.05. The average molecular weight is 720 g/mol. The lowest BCUT2D eigenvalue weighted by Gasteiger charge is -2.15. The van der Waals surface area contributed by atoms with Crippen molar-refractivity contribution in [1.29, 1.82) is 5.41 Å². The molecule has 4 heteroatoms. The molecule has 0 spiro atoms. The van der Waals surface area contributed by atoms with E-state index in [1.165, 1.54) is 52.8 Å². The minimum Gasteiger partial charge on any atom is -0.282 e. The molecule has 0 radical (unpaired) electrons. The zero-order valence-electron chi connectivity index (χ0n) is 29.8. The number of hydrogen-bond acceptors (Lipinski definition) is 2. The zero-order valence-corrected chi connectivity index (χ0v) is 30.6. The van der Waals surface area contributed by atoms with Gasteiger partial charge in [0.15, 0.2) is 11.7 Å². The van der Waals surface area contributed by atoms with Crippen molar-refractivity contribution in [2.75, 3.05) is 0 Å². The van der Waals surface area contributed by atoms with E-state index in [0.717, 1.165) is 38.6 Å². The number of rotatable bonds is 5. The van der Waals surface area contributed by atoms with Crippen LogP contribution in [0.3, 0.4) is 0 Å². The van der Waals surface area contributed by atoms with E-state index in [0.29, 0.717) is 5.84 Å². The molecule has 0 bridgehead atoms. The van der Waals surface area contributed by atoms with Gasteiger partial charge in [-0.1, -0.05) is 176 Å². The van der Waals surface area contributed by atoms with Crippen molar-refractivity contribution in [3.05, 3.63) is 205 Å². The van der Waals surface area contributed by atoms with Crippen LogP contribution in [0.15, 0.2) is 198 Å². The van der Waals surface area contributed by atoms with Crippen molar-refractivity contribution in [2.45, 2.75) is 0 Å². The van der Waals surface area contributed by atoms with Crippen molar-refractivity contribution < 1.29 is 0 Å². The monoisotopic (exact) mass is 719 g/mol. The molecule has 0 amide bonds. The number of amidine groups is 2. The Morgan fingerprint density at radius 2 is 1.04 bits per heavy atom. The van der Waals surface area contributed by atoms with Gasteiger partial charge in [0.1, 0.15) is 0 Å². The molecule has 0 aliphatic heterocycles. The molecule has 0 unspecified atom stereocenters. The third-order valence-electron chi connectivity index (χ3n) is 10.5. The van der Waals surface area contributed by atoms with E-state index in [-0.39, 0.29) is 5.84 Å². The van der Waals surface area contributed by atoms with Gasteiger partial charge in [-0.05, 0) is 66.7 Å². The highest BCUT2D eigenvalue weighted by molar-refractivity contribution is 7.26. The molecule has 9 aromatic carbocycles. The topological polar surface area (TPSA) is 48.6 Å². The summed E-state index contributed by atoms with van der Waals surface area (Å²) in [5.41, 5.74) is 7.22. The molecular formula is C51H33N3S. The molecule has 1 heterocycles. The summed E-state index contributed by atoms with van der Waals surface area (Å²) in [5, 5.41) is 18.7. The summed E-state index contributed by atoms with van der Waals surface area (Å²) in [4.78, 5) is 9.83. The standard InChI is InChI=1S/C51H33N3S/c52-50(35-15-3-1-4-16-35)54-51(36-17-5-2-6-18-36)53-32-46-38-19-9-7-13-33(38)23-26-44(46)43-29-28-39(41-21-11-12-22-42(41)43)37-24-27-45-48(31-37)55-47-30-25-34-14-8-10-20-40(34)49(45)47/h1-32,52H. The Kier molecular flexibility index (Phi) is 8.16. The van der Waals surface area contributed by atoms with Gasteiger partial charge >= 0.3 is 0 Å². The van der Waals surface area contributed by atoms with Gasteiger partial charge < -0.3 is 0 Å². The van der Waals surface area contributed by atoms with E-state index in [4.69, 9.17) is 15.4 Å². The van der Waals surface area contributed by atoms with Gasteiger partial charge in [-0.3, -0.25) is 5.41 Å². The summed E-state index contributed by atoms with van der Waals surface area (Å²) in [6.07, 6.45) is 1.93. The first-order chi connectivity index (χ1) is 27.2. The minimum absolute atomic E-state index is 0.165. The Bertz CT molecular complexity index is 3160. The number of nitrogens with zero attached hydrogens (tertiary/aromatic N) is 2. The molecule has 0 aliphatic carbocycles. The van der Waals surface area contributed by atoms with Gasteiger partial charge in [0, 0.05) is 43.1 Å². The molecule has 3 nitrogen and oxygen atoms in total. The lowest BCUT2D eigenvalue weighted by atomic mass is 9.88. The van der Waals surface area contributed by atoms with Crippen molar-refractivity contribution in [3.8, 4) is 22.3 Å². The highest BCUT2D eigenvalue weighted by atomic mass is 32.1. The van der Waals surface area contributed by atoms with Crippen LogP contribution in [0.2, 0.25) is 0 Å². The predicted octanol–water partition coefficient (Wildman–Crippen LogP) is 13.7. The molecule has 258 valence electrons. The number of nitrogens with one attached hydrogen (secondary N) is 1. The van der Waals surface area contributed by atoms with Gasteiger partial charge in [-0.2, -0.15) is 0 Å². The van der Waals surface area contributed by atoms with Gasteiger partial charge in [0.25, 0.3) is 0 Å². The van der Waals surface area contributed by atoms with Crippen LogP contribution in [0.5, 0.6) is 0 Å². The van der Waals surface area contributed by atoms with Crippen molar-refractivity contribution in [2.24, 2.45) is 9.98 Å². The molecule has 0 fully saturated rings. The molecule has 1 N–H and O–H groups in total. The molecule has 0 saturated carbocycles. The summed E-state index contributed by atoms with van der Waals surface area (Å²) in [6.45, 7) is 0. The van der Waals surface area contributed by atoms with Crippen LogP contribution < -0.4 is 0 Å². The van der Waals surface area contributed by atoms with Gasteiger partial charge in [-0.25, -0.2) is 9.98 Å². The van der Waals surface area contributed by atoms with Crippen molar-refractivity contribution >= 4 is 81.7 Å². The molecular weight excluding hydrogens is 687 g/mol. The summed E-state index contributed by atoms with van der Waals surface area (Å²) in [7, 11) is 0. The van der Waals surface area contributed by atoms with Crippen LogP contribution in [-0.4, -0.2) is 17.9 Å². The fraction of sp³-hybridized carbons (Fsp3) is 0. The Hall–Kier alpha value is -7.01. The quantitative estimate of drug-likeness (QED) is 0.136. The fourth-order valence-electron chi connectivity index (χ4n) is 7.82. The van der Waals surface area contributed by atoms with E-state index < -0.39 is 0 Å². The second kappa shape index (κ2) is 13.8. The molecule has 0 saturated heterocycles. The molecule has 0 aliphatic rings. The average Bonchev–Trinajstić information content (AvgIpc) is 3.64. The molecule has 10 rings (SSSR count). The first-order valence-electron chi connectivity index (χ1n) is 18.4. The van der Waals surface area contributed by atoms with Crippen LogP contribution in [0.4, 0.5) is 0 Å². The van der Waals surface area contributed by atoms with Crippen LogP contribution >= 0.6 is 11.3 Å². The SMILES string of the molecule is N=C(N=C(N=Cc1c(-c2ccc(-c3ccc4c(c3)sc3ccc5ccccc5c34)c3ccccc23)ccc2ccccc12)c1ccccc1)c1ccccc1. The second-order valence-corrected chi connectivity index (χ2v) is 14.8. The van der Waals surface area contributed by atoms with Gasteiger partial charge in [0.2, 0.25) is 0 Å². The molecule has 10 aromatic rings. The third kappa shape index (κ3) is 5.90. The van der Waals surface area contributed by atoms with E-state index in [2.05, 4.69) is 127 Å². The van der Waals surface area contributed by atoms with Gasteiger partial charge in [0.05, 0.1) is 0 Å². The van der Waals surface area contributed by atoms with Crippen LogP contribution in [0, 0.1) is 5.41 Å². The third-order valence-corrected chi connectivity index (χ3v) is 11.6. The van der Waals surface area contributed by atoms with E-state index in [1.54, 1.807) is 0 Å². The van der Waals surface area contributed by atoms with Crippen LogP contribution in [0.1, 0.15) is 16.7 Å². The van der Waals surface area contributed by atoms with E-state index in [1.807, 2.05) is 78.2 Å². The second-order valence-electron chi connectivity index (χ2n) is 13.7. The number of benzene rings is 9. The predicted molar refractivity (Wildman–Crippen MR) is 237 cm³/mol. The summed E-state index contributed by atoms with van der Waals surface area (Å²) in [5.74, 6) is 0.650. The van der Waals surface area contributed by atoms with Crippen LogP contribution in [-0.2, 0) is 0 Å². The van der Waals surface area contributed by atoms with Gasteiger partial charge in [-0.15, -0.1) is 11.3 Å². The summed E-state index contributed by atoms with van der Waals surface area (Å²) < 4.78 is 2.61. The summed E-state index contributed by atoms with van der Waals surface area (Å²) in [6, 6.07) is 65.7. The van der Waals surface area contributed by atoms with E-state index in [9.17, 15) is 0 Å². The summed E-state index contributed by atoms with van der Waals surface area (Å²) >= 11 is 1.86. The molecule has 1 aromatic heterocycles. The zero-order chi connectivity index (χ0) is 36.7. The Morgan fingerprint density at radius 1 is 0.455 bits per heavy atom. The van der Waals surface area contributed by atoms with Crippen molar-refractivity contribution in [1.82, 2.24) is 0 Å². The number of thiophene rings is 1. The Morgan fingerprint density at radius 3 is 1.80 bits per heavy atom. The molecule has 0 atom stereocenters. The minimum atomic E-state index is 0.165. The smallest absolute Gasteiger partial charge is 0.161 e. The number of hydrogen-bond donors (Lipinski definition) is 1. The number of aliphatic imine (C=N–C) groups is 2. The maximum absolute atomic E-state index is 8.83. The maximum atomic E-state index is 8.83. The van der Waals surface area contributed by atoms with Crippen LogP contribution in [0.25, 0.3) is 74.7 Å². The molecule has 55 heavy (non-hydrogen) atoms. The Balaban J connectivity index is 1.12. The fourth-order valence-corrected chi connectivity index (χ4v) is 8.98. The highest BCUT2D eigenvalue weighted by Crippen LogP contribution is 2.43.